The van der Waals surface area contributed by atoms with Crippen molar-refractivity contribution in [2.45, 2.75) is 4.90 Å². The van der Waals surface area contributed by atoms with Gasteiger partial charge >= 0.3 is 5.97 Å². The maximum atomic E-state index is 12.9. The van der Waals surface area contributed by atoms with Gasteiger partial charge in [-0.1, -0.05) is 28.1 Å². The van der Waals surface area contributed by atoms with E-state index in [1.807, 2.05) is 0 Å². The molecule has 0 N–H and O–H groups in total. The van der Waals surface area contributed by atoms with Gasteiger partial charge in [0.25, 0.3) is 10.0 Å². The maximum Gasteiger partial charge on any atom is 0.326 e. The molecule has 0 aliphatic carbocycles. The average molecular weight is 463 g/mol. The Balaban J connectivity index is 2.54. The van der Waals surface area contributed by atoms with E-state index in [0.717, 1.165) is 8.78 Å². The first-order valence-electron chi connectivity index (χ1n) is 6.46. The number of para-hydroxylation sites is 1. The van der Waals surface area contributed by atoms with E-state index in [4.69, 9.17) is 0 Å². The molecule has 8 heteroatoms. The highest BCUT2D eigenvalue weighted by Gasteiger charge is 2.28. The second kappa shape index (κ2) is 7.46. The molecule has 0 fully saturated rings. The van der Waals surface area contributed by atoms with Gasteiger partial charge in [-0.25, -0.2) is 8.42 Å². The standard InChI is InChI=1S/C15H13Br2NO4S/c1-22-15(19)10-18(14-5-3-2-4-13(14)17)23(20,21)12-8-6-11(16)7-9-12/h2-9H,10H2,1H3. The van der Waals surface area contributed by atoms with Gasteiger partial charge in [0.1, 0.15) is 6.54 Å². The topological polar surface area (TPSA) is 63.7 Å². The van der Waals surface area contributed by atoms with Crippen molar-refractivity contribution in [3.63, 3.8) is 0 Å². The number of anilines is 1. The molecule has 2 rings (SSSR count). The highest BCUT2D eigenvalue weighted by Crippen LogP contribution is 2.30. The van der Waals surface area contributed by atoms with Gasteiger partial charge in [-0.05, 0) is 52.3 Å². The van der Waals surface area contributed by atoms with Crippen molar-refractivity contribution in [2.24, 2.45) is 0 Å². The fourth-order valence-electron chi connectivity index (χ4n) is 1.87. The number of ether oxygens (including phenoxy) is 1. The van der Waals surface area contributed by atoms with E-state index >= 15 is 0 Å². The molecular weight excluding hydrogens is 450 g/mol. The number of methoxy groups -OCH3 is 1. The molecule has 0 radical (unpaired) electrons. The fraction of sp³-hybridized carbons (Fsp3) is 0.133. The Kier molecular flexibility index (Phi) is 5.83. The predicted octanol–water partition coefficient (Wildman–Crippen LogP) is 3.58. The van der Waals surface area contributed by atoms with Gasteiger partial charge in [0.2, 0.25) is 0 Å². The molecule has 23 heavy (non-hydrogen) atoms. The van der Waals surface area contributed by atoms with Crippen LogP contribution in [0.5, 0.6) is 0 Å². The fourth-order valence-corrected chi connectivity index (χ4v) is 4.18. The Morgan fingerprint density at radius 1 is 1.09 bits per heavy atom. The van der Waals surface area contributed by atoms with E-state index < -0.39 is 22.5 Å². The van der Waals surface area contributed by atoms with Gasteiger partial charge in [-0.2, -0.15) is 0 Å². The van der Waals surface area contributed by atoms with Crippen LogP contribution in [0.15, 0.2) is 62.4 Å². The van der Waals surface area contributed by atoms with Crippen LogP contribution in [0.1, 0.15) is 0 Å². The third-order valence-electron chi connectivity index (χ3n) is 3.02. The summed E-state index contributed by atoms with van der Waals surface area (Å²) >= 11 is 6.59. The molecule has 0 aliphatic heterocycles. The van der Waals surface area contributed by atoms with Crippen LogP contribution in [-0.2, 0) is 19.6 Å². The van der Waals surface area contributed by atoms with E-state index in [1.54, 1.807) is 36.4 Å². The molecule has 122 valence electrons. The normalized spacial score (nSPS) is 11.1. The van der Waals surface area contributed by atoms with Crippen LogP contribution in [0.25, 0.3) is 0 Å². The minimum absolute atomic E-state index is 0.0837. The predicted molar refractivity (Wildman–Crippen MR) is 94.8 cm³/mol. The highest BCUT2D eigenvalue weighted by molar-refractivity contribution is 9.10. The lowest BCUT2D eigenvalue weighted by Crippen LogP contribution is -2.36. The Morgan fingerprint density at radius 3 is 2.26 bits per heavy atom. The summed E-state index contributed by atoms with van der Waals surface area (Å²) in [4.78, 5) is 11.8. The number of carbonyl (C=O) groups is 1. The number of carbonyl (C=O) groups excluding carboxylic acids is 1. The molecule has 0 unspecified atom stereocenters. The van der Waals surface area contributed by atoms with E-state index in [-0.39, 0.29) is 4.90 Å². The van der Waals surface area contributed by atoms with Gasteiger partial charge in [0.15, 0.2) is 0 Å². The van der Waals surface area contributed by atoms with E-state index in [0.29, 0.717) is 10.2 Å². The summed E-state index contributed by atoms with van der Waals surface area (Å²) in [6, 6.07) is 13.0. The van der Waals surface area contributed by atoms with E-state index in [9.17, 15) is 13.2 Å². The van der Waals surface area contributed by atoms with Gasteiger partial charge in [-0.15, -0.1) is 0 Å². The zero-order valence-corrected chi connectivity index (χ0v) is 16.1. The Morgan fingerprint density at radius 2 is 1.70 bits per heavy atom. The maximum absolute atomic E-state index is 12.9. The van der Waals surface area contributed by atoms with Crippen molar-refractivity contribution in [3.05, 3.63) is 57.5 Å². The number of halogens is 2. The van der Waals surface area contributed by atoms with Crippen molar-refractivity contribution >= 4 is 53.5 Å². The van der Waals surface area contributed by atoms with Crippen LogP contribution in [0, 0.1) is 0 Å². The molecule has 0 bridgehead atoms. The first-order chi connectivity index (χ1) is 10.9. The number of hydrogen-bond acceptors (Lipinski definition) is 4. The molecule has 0 atom stereocenters. The highest BCUT2D eigenvalue weighted by atomic mass is 79.9. The zero-order chi connectivity index (χ0) is 17.0. The van der Waals surface area contributed by atoms with E-state index in [2.05, 4.69) is 36.6 Å². The SMILES string of the molecule is COC(=O)CN(c1ccccc1Br)S(=O)(=O)c1ccc(Br)cc1. The Labute approximate surface area is 151 Å². The molecular formula is C15H13Br2NO4S. The first kappa shape index (κ1) is 18.0. The van der Waals surface area contributed by atoms with Crippen LogP contribution in [0.2, 0.25) is 0 Å². The number of benzene rings is 2. The minimum Gasteiger partial charge on any atom is -0.468 e. The van der Waals surface area contributed by atoms with Crippen LogP contribution in [0.3, 0.4) is 0 Å². The summed E-state index contributed by atoms with van der Waals surface area (Å²) in [5, 5.41) is 0. The molecule has 0 amide bonds. The molecule has 2 aromatic carbocycles. The number of esters is 1. The van der Waals surface area contributed by atoms with Crippen LogP contribution in [-0.4, -0.2) is 28.0 Å². The summed E-state index contributed by atoms with van der Waals surface area (Å²) in [6.07, 6.45) is 0. The summed E-state index contributed by atoms with van der Waals surface area (Å²) < 4.78 is 32.8. The molecule has 5 nitrogen and oxygen atoms in total. The van der Waals surface area contributed by atoms with Crippen molar-refractivity contribution in [1.82, 2.24) is 0 Å². The molecule has 2 aromatic rings. The van der Waals surface area contributed by atoms with Gasteiger partial charge < -0.3 is 4.74 Å². The largest absolute Gasteiger partial charge is 0.468 e. The number of nitrogens with zero attached hydrogens (tertiary/aromatic N) is 1. The Hall–Kier alpha value is -1.38. The van der Waals surface area contributed by atoms with Gasteiger partial charge in [0.05, 0.1) is 17.7 Å². The number of sulfonamides is 1. The zero-order valence-electron chi connectivity index (χ0n) is 12.1. The molecule has 0 heterocycles. The third-order valence-corrected chi connectivity index (χ3v) is 6.00. The quantitative estimate of drug-likeness (QED) is 0.637. The van der Waals surface area contributed by atoms with Crippen LogP contribution >= 0.6 is 31.9 Å². The van der Waals surface area contributed by atoms with Crippen LogP contribution < -0.4 is 4.31 Å². The van der Waals surface area contributed by atoms with Crippen molar-refractivity contribution < 1.29 is 17.9 Å². The van der Waals surface area contributed by atoms with Gasteiger partial charge in [-0.3, -0.25) is 9.10 Å². The molecule has 0 aliphatic rings. The van der Waals surface area contributed by atoms with Crippen molar-refractivity contribution in [2.75, 3.05) is 18.0 Å². The Bertz CT molecular complexity index is 806. The molecule has 0 spiro atoms. The number of rotatable bonds is 5. The van der Waals surface area contributed by atoms with Crippen LogP contribution in [0.4, 0.5) is 5.69 Å². The smallest absolute Gasteiger partial charge is 0.326 e. The van der Waals surface area contributed by atoms with Crippen molar-refractivity contribution in [1.29, 1.82) is 0 Å². The molecule has 0 aromatic heterocycles. The lowest BCUT2D eigenvalue weighted by molar-refractivity contribution is -0.138. The minimum atomic E-state index is -3.92. The average Bonchev–Trinajstić information content (AvgIpc) is 2.53. The molecule has 0 saturated heterocycles. The van der Waals surface area contributed by atoms with Crippen molar-refractivity contribution in [3.8, 4) is 0 Å². The first-order valence-corrected chi connectivity index (χ1v) is 9.48. The number of hydrogen-bond donors (Lipinski definition) is 0. The molecule has 0 saturated carbocycles. The summed E-state index contributed by atoms with van der Waals surface area (Å²) in [5.74, 6) is -0.651. The summed E-state index contributed by atoms with van der Waals surface area (Å²) in [6.45, 7) is -0.419. The lowest BCUT2D eigenvalue weighted by Gasteiger charge is -2.24. The second-order valence-corrected chi connectivity index (χ2v) is 8.13. The summed E-state index contributed by atoms with van der Waals surface area (Å²) in [5.41, 5.74) is 0.362. The third kappa shape index (κ3) is 4.13. The monoisotopic (exact) mass is 461 g/mol. The lowest BCUT2D eigenvalue weighted by atomic mass is 10.3. The summed E-state index contributed by atoms with van der Waals surface area (Å²) in [7, 11) is -2.70. The van der Waals surface area contributed by atoms with E-state index in [1.165, 1.54) is 19.2 Å². The van der Waals surface area contributed by atoms with Gasteiger partial charge in [0, 0.05) is 8.95 Å². The second-order valence-electron chi connectivity index (χ2n) is 4.49.